The number of hydrogen-bond donors (Lipinski definition) is 1. The Bertz CT molecular complexity index is 1050. The molecule has 0 aromatic heterocycles. The van der Waals surface area contributed by atoms with E-state index in [2.05, 4.69) is 17.5 Å². The van der Waals surface area contributed by atoms with Crippen LogP contribution in [0.25, 0.3) is 10.8 Å². The number of nitrogens with one attached hydrogen (secondary N) is 1. The van der Waals surface area contributed by atoms with Crippen molar-refractivity contribution in [2.24, 2.45) is 35.5 Å². The van der Waals surface area contributed by atoms with Crippen molar-refractivity contribution < 1.29 is 14.4 Å². The van der Waals surface area contributed by atoms with Crippen LogP contribution in [0.15, 0.2) is 54.6 Å². The Labute approximate surface area is 168 Å². The lowest BCUT2D eigenvalue weighted by Crippen LogP contribution is -2.40. The van der Waals surface area contributed by atoms with E-state index in [4.69, 9.17) is 0 Å². The predicted molar refractivity (Wildman–Crippen MR) is 109 cm³/mol. The summed E-state index contributed by atoms with van der Waals surface area (Å²) in [4.78, 5) is 39.9. The fourth-order valence-electron chi connectivity index (χ4n) is 6.00. The number of amides is 3. The van der Waals surface area contributed by atoms with Gasteiger partial charge in [-0.15, -0.1) is 0 Å². The van der Waals surface area contributed by atoms with Crippen molar-refractivity contribution in [2.75, 3.05) is 11.9 Å². The third-order valence-electron chi connectivity index (χ3n) is 7.38. The number of carbonyl (C=O) groups is 3. The summed E-state index contributed by atoms with van der Waals surface area (Å²) in [6, 6.07) is 13.7. The van der Waals surface area contributed by atoms with E-state index in [0.29, 0.717) is 11.8 Å². The van der Waals surface area contributed by atoms with Gasteiger partial charge in [-0.25, -0.2) is 0 Å². The average Bonchev–Trinajstić information content (AvgIpc) is 3.52. The zero-order valence-electron chi connectivity index (χ0n) is 16.0. The van der Waals surface area contributed by atoms with Crippen molar-refractivity contribution in [1.82, 2.24) is 4.90 Å². The van der Waals surface area contributed by atoms with E-state index in [9.17, 15) is 14.4 Å². The summed E-state index contributed by atoms with van der Waals surface area (Å²) in [6.07, 6.45) is 5.61. The molecule has 0 unspecified atom stereocenters. The highest BCUT2D eigenvalue weighted by Gasteiger charge is 2.66. The fourth-order valence-corrected chi connectivity index (χ4v) is 6.00. The van der Waals surface area contributed by atoms with Crippen LogP contribution in [0, 0.1) is 35.5 Å². The fraction of sp³-hybridized carbons (Fsp3) is 0.375. The number of anilines is 1. The van der Waals surface area contributed by atoms with E-state index in [-0.39, 0.29) is 54.4 Å². The molecule has 1 aliphatic heterocycles. The van der Waals surface area contributed by atoms with Crippen LogP contribution in [0.2, 0.25) is 0 Å². The molecular formula is C24H22N2O3. The zero-order valence-corrected chi connectivity index (χ0v) is 16.0. The summed E-state index contributed by atoms with van der Waals surface area (Å²) in [6.45, 7) is 0.163. The highest BCUT2D eigenvalue weighted by Crippen LogP contribution is 2.65. The molecule has 3 fully saturated rings. The number of nitrogens with zero attached hydrogens (tertiary/aromatic N) is 1. The van der Waals surface area contributed by atoms with Crippen LogP contribution >= 0.6 is 0 Å². The number of allylic oxidation sites excluding steroid dienone is 2. The minimum absolute atomic E-state index is 0.0670. The van der Waals surface area contributed by atoms with Crippen LogP contribution in [-0.2, 0) is 14.4 Å². The van der Waals surface area contributed by atoms with Gasteiger partial charge in [-0.2, -0.15) is 0 Å². The van der Waals surface area contributed by atoms with E-state index in [1.807, 2.05) is 42.5 Å². The average molecular weight is 386 g/mol. The van der Waals surface area contributed by atoms with Gasteiger partial charge in [0, 0.05) is 24.0 Å². The standard InChI is InChI=1S/C24H22N2O3/c27-20(25-19-7-3-5-13-4-1-2-6-14(13)19)10-11-26-23(28)21-15-8-9-16(18-12-17(15)18)22(21)24(26)29/h1-9,15-18,21-22H,10-12H2,(H,25,27)/t15-,16-,17-,18-,21-,22+/m1/s1. The van der Waals surface area contributed by atoms with Gasteiger partial charge < -0.3 is 5.32 Å². The maximum atomic E-state index is 13.0. The van der Waals surface area contributed by atoms with E-state index in [0.717, 1.165) is 22.9 Å². The quantitative estimate of drug-likeness (QED) is 0.648. The summed E-state index contributed by atoms with van der Waals surface area (Å²) in [7, 11) is 0. The number of fused-ring (bicyclic) bond motifs is 1. The first-order chi connectivity index (χ1) is 14.1. The third kappa shape index (κ3) is 2.43. The first kappa shape index (κ1) is 17.0. The first-order valence-corrected chi connectivity index (χ1v) is 10.4. The molecule has 0 spiro atoms. The molecule has 5 nitrogen and oxygen atoms in total. The summed E-state index contributed by atoms with van der Waals surface area (Å²) < 4.78 is 0. The predicted octanol–water partition coefficient (Wildman–Crippen LogP) is 3.22. The van der Waals surface area contributed by atoms with Gasteiger partial charge in [-0.05, 0) is 41.5 Å². The molecule has 4 aliphatic carbocycles. The van der Waals surface area contributed by atoms with E-state index in [1.54, 1.807) is 0 Å². The van der Waals surface area contributed by atoms with E-state index >= 15 is 0 Å². The smallest absolute Gasteiger partial charge is 0.233 e. The number of imide groups is 1. The number of likely N-dealkylation sites (tertiary alicyclic amines) is 1. The Balaban J connectivity index is 1.15. The Hall–Kier alpha value is -2.95. The maximum absolute atomic E-state index is 13.0. The SMILES string of the molecule is O=C(CCN1C(=O)[C@@H]2[C@@H]3C=C[C@H]([C@H]4C[C@H]34)[C@@H]2C1=O)Nc1cccc2ccccc12. The van der Waals surface area contributed by atoms with Crippen molar-refractivity contribution in [3.63, 3.8) is 0 Å². The number of hydrogen-bond acceptors (Lipinski definition) is 3. The summed E-state index contributed by atoms with van der Waals surface area (Å²) in [5, 5.41) is 4.98. The molecule has 1 N–H and O–H groups in total. The lowest BCUT2D eigenvalue weighted by Gasteiger charge is -2.37. The Morgan fingerprint density at radius 1 is 0.931 bits per heavy atom. The molecule has 0 radical (unpaired) electrons. The van der Waals surface area contributed by atoms with Crippen molar-refractivity contribution in [3.8, 4) is 0 Å². The molecule has 5 aliphatic rings. The minimum atomic E-state index is -0.192. The van der Waals surface area contributed by atoms with Crippen LogP contribution in [0.1, 0.15) is 12.8 Å². The molecule has 6 atom stereocenters. The van der Waals surface area contributed by atoms with Crippen LogP contribution in [0.3, 0.4) is 0 Å². The van der Waals surface area contributed by atoms with Gasteiger partial charge in [0.2, 0.25) is 17.7 Å². The van der Waals surface area contributed by atoms with Crippen LogP contribution in [0.4, 0.5) is 5.69 Å². The summed E-state index contributed by atoms with van der Waals surface area (Å²) in [5.74, 6) is 0.938. The van der Waals surface area contributed by atoms with Gasteiger partial charge in [0.05, 0.1) is 11.8 Å². The van der Waals surface area contributed by atoms with Crippen molar-refractivity contribution in [3.05, 3.63) is 54.6 Å². The maximum Gasteiger partial charge on any atom is 0.233 e. The lowest BCUT2D eigenvalue weighted by atomic mass is 9.63. The van der Waals surface area contributed by atoms with Crippen molar-refractivity contribution in [2.45, 2.75) is 12.8 Å². The van der Waals surface area contributed by atoms with Crippen molar-refractivity contribution >= 4 is 34.2 Å². The molecule has 1 saturated heterocycles. The monoisotopic (exact) mass is 386 g/mol. The molecule has 2 bridgehead atoms. The molecule has 7 rings (SSSR count). The third-order valence-corrected chi connectivity index (χ3v) is 7.38. The van der Waals surface area contributed by atoms with E-state index in [1.165, 1.54) is 4.90 Å². The summed E-state index contributed by atoms with van der Waals surface area (Å²) >= 11 is 0. The summed E-state index contributed by atoms with van der Waals surface area (Å²) in [5.41, 5.74) is 0.753. The Kier molecular flexibility index (Phi) is 3.52. The minimum Gasteiger partial charge on any atom is -0.325 e. The van der Waals surface area contributed by atoms with Gasteiger partial charge >= 0.3 is 0 Å². The topological polar surface area (TPSA) is 66.5 Å². The second kappa shape index (κ2) is 6.02. The van der Waals surface area contributed by atoms with Crippen LogP contribution < -0.4 is 5.32 Å². The lowest BCUT2D eigenvalue weighted by molar-refractivity contribution is -0.140. The molecule has 1 heterocycles. The molecule has 2 aromatic carbocycles. The van der Waals surface area contributed by atoms with E-state index < -0.39 is 0 Å². The van der Waals surface area contributed by atoms with Gasteiger partial charge in [-0.1, -0.05) is 48.6 Å². The molecule has 29 heavy (non-hydrogen) atoms. The molecule has 3 amide bonds. The van der Waals surface area contributed by atoms with Crippen LogP contribution in [-0.4, -0.2) is 29.2 Å². The number of benzene rings is 2. The molecule has 2 saturated carbocycles. The van der Waals surface area contributed by atoms with Crippen molar-refractivity contribution in [1.29, 1.82) is 0 Å². The molecule has 146 valence electrons. The Morgan fingerprint density at radius 3 is 2.31 bits per heavy atom. The largest absolute Gasteiger partial charge is 0.325 e. The molecular weight excluding hydrogens is 364 g/mol. The molecule has 5 heteroatoms. The normalized spacial score (nSPS) is 33.7. The Morgan fingerprint density at radius 2 is 1.59 bits per heavy atom. The van der Waals surface area contributed by atoms with Gasteiger partial charge in [0.1, 0.15) is 0 Å². The second-order valence-electron chi connectivity index (χ2n) is 8.81. The number of carbonyl (C=O) groups excluding carboxylic acids is 3. The highest BCUT2D eigenvalue weighted by molar-refractivity contribution is 6.07. The van der Waals surface area contributed by atoms with Gasteiger partial charge in [0.15, 0.2) is 0 Å². The zero-order chi connectivity index (χ0) is 19.7. The highest BCUT2D eigenvalue weighted by atomic mass is 16.2. The van der Waals surface area contributed by atoms with Gasteiger partial charge in [0.25, 0.3) is 0 Å². The number of rotatable bonds is 4. The molecule has 2 aromatic rings. The second-order valence-corrected chi connectivity index (χ2v) is 8.81. The van der Waals surface area contributed by atoms with Gasteiger partial charge in [-0.3, -0.25) is 19.3 Å². The van der Waals surface area contributed by atoms with Crippen LogP contribution in [0.5, 0.6) is 0 Å². The first-order valence-electron chi connectivity index (χ1n) is 10.4.